The number of hydrogen-bond acceptors (Lipinski definition) is 6. The first-order chi connectivity index (χ1) is 14.8. The number of hydrogen-bond donors (Lipinski definition) is 1. The largest absolute Gasteiger partial charge is 0.320 e. The molecule has 1 aliphatic heterocycles. The van der Waals surface area contributed by atoms with Crippen LogP contribution < -0.4 is 5.32 Å². The molecule has 0 radical (unpaired) electrons. The van der Waals surface area contributed by atoms with Crippen molar-refractivity contribution in [3.63, 3.8) is 0 Å². The Morgan fingerprint density at radius 2 is 1.77 bits per heavy atom. The number of carbonyl (C=O) groups excluding carboxylic acids is 1. The molecule has 0 unspecified atom stereocenters. The summed E-state index contributed by atoms with van der Waals surface area (Å²) >= 11 is 1.27. The number of nitrogens with zero attached hydrogens (tertiary/aromatic N) is 3. The smallest absolute Gasteiger partial charge is 0.286 e. The summed E-state index contributed by atoms with van der Waals surface area (Å²) in [5, 5.41) is 12.2. The Balaban J connectivity index is 1.40. The maximum Gasteiger partial charge on any atom is 0.286 e. The van der Waals surface area contributed by atoms with Crippen LogP contribution in [0.25, 0.3) is 0 Å². The lowest BCUT2D eigenvalue weighted by atomic mass is 9.99. The van der Waals surface area contributed by atoms with Gasteiger partial charge in [-0.15, -0.1) is 10.2 Å². The fraction of sp³-hybridized carbons (Fsp3) is 0.318. The third-order valence-corrected chi connectivity index (χ3v) is 8.56. The monoisotopic (exact) mass is 456 g/mol. The highest BCUT2D eigenvalue weighted by atomic mass is 32.2. The Morgan fingerprint density at radius 3 is 2.45 bits per heavy atom. The first-order valence-electron chi connectivity index (χ1n) is 10.1. The summed E-state index contributed by atoms with van der Waals surface area (Å²) in [5.41, 5.74) is 2.51. The van der Waals surface area contributed by atoms with Gasteiger partial charge < -0.3 is 5.32 Å². The van der Waals surface area contributed by atoms with Gasteiger partial charge in [0.15, 0.2) is 0 Å². The highest BCUT2D eigenvalue weighted by Crippen LogP contribution is 2.33. The van der Waals surface area contributed by atoms with Crippen molar-refractivity contribution >= 4 is 33.0 Å². The Bertz CT molecular complexity index is 1180. The number of aromatic nitrogens is 2. The van der Waals surface area contributed by atoms with Crippen molar-refractivity contribution in [2.75, 3.05) is 18.4 Å². The maximum atomic E-state index is 13.1. The molecule has 0 spiro atoms. The summed E-state index contributed by atoms with van der Waals surface area (Å²) in [6.45, 7) is 4.62. The minimum atomic E-state index is -3.52. The molecule has 0 atom stereocenters. The molecule has 9 heteroatoms. The molecule has 0 aliphatic carbocycles. The van der Waals surface area contributed by atoms with Gasteiger partial charge in [0.05, 0.1) is 4.90 Å². The minimum Gasteiger partial charge on any atom is -0.320 e. The highest BCUT2D eigenvalue weighted by Gasteiger charge is 2.32. The average molecular weight is 457 g/mol. The van der Waals surface area contributed by atoms with Crippen molar-refractivity contribution in [2.45, 2.75) is 37.5 Å². The van der Waals surface area contributed by atoms with E-state index in [2.05, 4.69) is 15.5 Å². The van der Waals surface area contributed by atoms with Crippen LogP contribution in [-0.2, 0) is 10.0 Å². The summed E-state index contributed by atoms with van der Waals surface area (Å²) < 4.78 is 27.7. The molecule has 31 heavy (non-hydrogen) atoms. The SMILES string of the molecule is Cc1ccc(S(=O)(=O)N2CCC(c3nnc(C(=O)Nc4ccccc4)s3)CC2)c(C)c1. The van der Waals surface area contributed by atoms with Gasteiger partial charge in [-0.2, -0.15) is 4.31 Å². The van der Waals surface area contributed by atoms with Crippen LogP contribution in [0.3, 0.4) is 0 Å². The molecular weight excluding hydrogens is 432 g/mol. The van der Waals surface area contributed by atoms with Crippen LogP contribution in [-0.4, -0.2) is 41.9 Å². The quantitative estimate of drug-likeness (QED) is 0.627. The van der Waals surface area contributed by atoms with Crippen LogP contribution in [0.1, 0.15) is 44.7 Å². The lowest BCUT2D eigenvalue weighted by molar-refractivity contribution is 0.102. The number of piperidine rings is 1. The van der Waals surface area contributed by atoms with Gasteiger partial charge in [-0.3, -0.25) is 4.79 Å². The van der Waals surface area contributed by atoms with E-state index in [1.165, 1.54) is 11.3 Å². The van der Waals surface area contributed by atoms with Gasteiger partial charge in [-0.1, -0.05) is 47.2 Å². The van der Waals surface area contributed by atoms with E-state index in [1.807, 2.05) is 56.3 Å². The van der Waals surface area contributed by atoms with E-state index in [-0.39, 0.29) is 11.8 Å². The van der Waals surface area contributed by atoms with Gasteiger partial charge in [-0.05, 0) is 50.5 Å². The summed E-state index contributed by atoms with van der Waals surface area (Å²) in [7, 11) is -3.52. The predicted octanol–water partition coefficient (Wildman–Crippen LogP) is 3.98. The molecule has 4 rings (SSSR count). The van der Waals surface area contributed by atoms with E-state index in [0.717, 1.165) is 16.1 Å². The number of nitrogens with one attached hydrogen (secondary N) is 1. The van der Waals surface area contributed by atoms with Gasteiger partial charge in [0.25, 0.3) is 5.91 Å². The van der Waals surface area contributed by atoms with Gasteiger partial charge in [0.2, 0.25) is 15.0 Å². The van der Waals surface area contributed by atoms with Crippen LogP contribution in [0.2, 0.25) is 0 Å². The molecule has 3 aromatic rings. The molecule has 1 N–H and O–H groups in total. The molecule has 1 saturated heterocycles. The van der Waals surface area contributed by atoms with Crippen molar-refractivity contribution in [1.82, 2.24) is 14.5 Å². The van der Waals surface area contributed by atoms with E-state index in [0.29, 0.717) is 41.5 Å². The number of sulfonamides is 1. The normalized spacial score (nSPS) is 15.7. The zero-order valence-corrected chi connectivity index (χ0v) is 19.0. The van der Waals surface area contributed by atoms with Crippen LogP contribution in [0, 0.1) is 13.8 Å². The zero-order chi connectivity index (χ0) is 22.0. The van der Waals surface area contributed by atoms with Gasteiger partial charge >= 0.3 is 0 Å². The second-order valence-electron chi connectivity index (χ2n) is 7.71. The number of carbonyl (C=O) groups is 1. The second-order valence-corrected chi connectivity index (χ2v) is 10.6. The summed E-state index contributed by atoms with van der Waals surface area (Å²) in [6, 6.07) is 14.6. The minimum absolute atomic E-state index is 0.0985. The van der Waals surface area contributed by atoms with E-state index in [1.54, 1.807) is 10.4 Å². The fourth-order valence-electron chi connectivity index (χ4n) is 3.77. The first-order valence-corrected chi connectivity index (χ1v) is 12.4. The number of para-hydroxylation sites is 1. The van der Waals surface area contributed by atoms with E-state index >= 15 is 0 Å². The Hall–Kier alpha value is -2.62. The molecule has 0 bridgehead atoms. The van der Waals surface area contributed by atoms with E-state index in [9.17, 15) is 13.2 Å². The number of rotatable bonds is 5. The fourth-order valence-corrected chi connectivity index (χ4v) is 6.35. The van der Waals surface area contributed by atoms with Gasteiger partial charge in [0, 0.05) is 24.7 Å². The zero-order valence-electron chi connectivity index (χ0n) is 17.4. The first kappa shape index (κ1) is 21.6. The molecule has 1 aromatic heterocycles. The van der Waals surface area contributed by atoms with Gasteiger partial charge in [-0.25, -0.2) is 8.42 Å². The van der Waals surface area contributed by atoms with Crippen LogP contribution >= 0.6 is 11.3 Å². The third-order valence-electron chi connectivity index (χ3n) is 5.42. The van der Waals surface area contributed by atoms with Crippen molar-refractivity contribution in [3.05, 3.63) is 69.7 Å². The number of amides is 1. The molecule has 1 amide bonds. The number of benzene rings is 2. The molecule has 162 valence electrons. The van der Waals surface area contributed by atoms with Crippen LogP contribution in [0.4, 0.5) is 5.69 Å². The second kappa shape index (κ2) is 8.86. The van der Waals surface area contributed by atoms with Crippen LogP contribution in [0.5, 0.6) is 0 Å². The lowest BCUT2D eigenvalue weighted by Crippen LogP contribution is -2.38. The van der Waals surface area contributed by atoms with Crippen molar-refractivity contribution < 1.29 is 13.2 Å². The van der Waals surface area contributed by atoms with Crippen molar-refractivity contribution in [3.8, 4) is 0 Å². The Labute approximate surface area is 186 Å². The van der Waals surface area contributed by atoms with Crippen molar-refractivity contribution in [2.24, 2.45) is 0 Å². The van der Waals surface area contributed by atoms with Gasteiger partial charge in [0.1, 0.15) is 5.01 Å². The summed E-state index contributed by atoms with van der Waals surface area (Å²) in [5.74, 6) is -0.189. The topological polar surface area (TPSA) is 92.3 Å². The summed E-state index contributed by atoms with van der Waals surface area (Å²) in [6.07, 6.45) is 1.30. The molecule has 2 heterocycles. The lowest BCUT2D eigenvalue weighted by Gasteiger charge is -2.30. The van der Waals surface area contributed by atoms with Crippen molar-refractivity contribution in [1.29, 1.82) is 0 Å². The molecule has 0 saturated carbocycles. The standard InChI is InChI=1S/C22H24N4O3S2/c1-15-8-9-19(16(2)14-15)31(28,29)26-12-10-17(11-13-26)21-24-25-22(30-21)20(27)23-18-6-4-3-5-7-18/h3-9,14,17H,10-13H2,1-2H3,(H,23,27). The summed E-state index contributed by atoms with van der Waals surface area (Å²) in [4.78, 5) is 12.8. The van der Waals surface area contributed by atoms with E-state index in [4.69, 9.17) is 0 Å². The molecule has 1 aliphatic rings. The number of anilines is 1. The number of aryl methyl sites for hydroxylation is 2. The molecule has 1 fully saturated rings. The Kier molecular flexibility index (Phi) is 6.17. The average Bonchev–Trinajstić information content (AvgIpc) is 3.25. The van der Waals surface area contributed by atoms with Crippen LogP contribution in [0.15, 0.2) is 53.4 Å². The highest BCUT2D eigenvalue weighted by molar-refractivity contribution is 7.89. The van der Waals surface area contributed by atoms with E-state index < -0.39 is 10.0 Å². The predicted molar refractivity (Wildman–Crippen MR) is 121 cm³/mol. The molecule has 2 aromatic carbocycles. The molecular formula is C22H24N4O3S2. The molecule has 7 nitrogen and oxygen atoms in total. The maximum absolute atomic E-state index is 13.1. The Morgan fingerprint density at radius 1 is 1.06 bits per heavy atom. The third kappa shape index (κ3) is 4.68.